The highest BCUT2D eigenvalue weighted by molar-refractivity contribution is 5.32. The average molecular weight is 306 g/mol. The second kappa shape index (κ2) is 7.88. The lowest BCUT2D eigenvalue weighted by molar-refractivity contribution is 0.214. The fourth-order valence-electron chi connectivity index (χ4n) is 2.88. The second-order valence-corrected chi connectivity index (χ2v) is 6.59. The number of anilines is 1. The summed E-state index contributed by atoms with van der Waals surface area (Å²) in [6.45, 7) is 9.38. The van der Waals surface area contributed by atoms with Crippen LogP contribution in [0, 0.1) is 6.92 Å². The third-order valence-corrected chi connectivity index (χ3v) is 4.67. The van der Waals surface area contributed by atoms with E-state index < -0.39 is 0 Å². The van der Waals surface area contributed by atoms with E-state index in [1.807, 2.05) is 6.92 Å². The number of hydrogen-bond donors (Lipinski definition) is 2. The van der Waals surface area contributed by atoms with Gasteiger partial charge in [-0.3, -0.25) is 0 Å². The standard InChI is InChI=1S/C17H30N4O/c1-4-17(3,8-11-22)18-13-15-12-14(2)19-16(20-15)21-9-6-5-7-10-21/h12,18,22H,4-11,13H2,1-3H3. The van der Waals surface area contributed by atoms with Gasteiger partial charge >= 0.3 is 0 Å². The van der Waals surface area contributed by atoms with Crippen molar-refractivity contribution in [3.8, 4) is 0 Å². The molecule has 0 amide bonds. The van der Waals surface area contributed by atoms with Gasteiger partial charge in [0.15, 0.2) is 0 Å². The van der Waals surface area contributed by atoms with Gasteiger partial charge in [0.2, 0.25) is 5.95 Å². The summed E-state index contributed by atoms with van der Waals surface area (Å²) in [4.78, 5) is 11.6. The number of rotatable bonds is 7. The maximum absolute atomic E-state index is 9.22. The van der Waals surface area contributed by atoms with E-state index in [9.17, 15) is 5.11 Å². The Balaban J connectivity index is 2.06. The minimum Gasteiger partial charge on any atom is -0.396 e. The topological polar surface area (TPSA) is 61.3 Å². The van der Waals surface area contributed by atoms with Gasteiger partial charge in [-0.15, -0.1) is 0 Å². The third-order valence-electron chi connectivity index (χ3n) is 4.67. The molecule has 0 aromatic carbocycles. The van der Waals surface area contributed by atoms with E-state index in [0.717, 1.165) is 43.3 Å². The van der Waals surface area contributed by atoms with Crippen molar-refractivity contribution in [1.82, 2.24) is 15.3 Å². The first-order valence-corrected chi connectivity index (χ1v) is 8.52. The molecule has 2 N–H and O–H groups in total. The van der Waals surface area contributed by atoms with Crippen molar-refractivity contribution in [3.05, 3.63) is 17.5 Å². The largest absolute Gasteiger partial charge is 0.396 e. The van der Waals surface area contributed by atoms with Crippen LogP contribution in [0.15, 0.2) is 6.07 Å². The molecule has 1 fully saturated rings. The fraction of sp³-hybridized carbons (Fsp3) is 0.765. The van der Waals surface area contributed by atoms with Crippen LogP contribution in [0.1, 0.15) is 57.3 Å². The van der Waals surface area contributed by atoms with Gasteiger partial charge in [-0.05, 0) is 52.0 Å². The molecule has 1 saturated heterocycles. The molecule has 2 rings (SSSR count). The summed E-state index contributed by atoms with van der Waals surface area (Å²) in [5, 5.41) is 12.8. The predicted molar refractivity (Wildman–Crippen MR) is 90.1 cm³/mol. The summed E-state index contributed by atoms with van der Waals surface area (Å²) in [6, 6.07) is 2.05. The lowest BCUT2D eigenvalue weighted by Crippen LogP contribution is -2.42. The molecule has 1 aliphatic heterocycles. The zero-order valence-electron chi connectivity index (χ0n) is 14.2. The van der Waals surface area contributed by atoms with Crippen LogP contribution in [-0.4, -0.2) is 40.3 Å². The number of nitrogens with zero attached hydrogens (tertiary/aromatic N) is 3. The van der Waals surface area contributed by atoms with Gasteiger partial charge in [-0.2, -0.15) is 0 Å². The summed E-state index contributed by atoms with van der Waals surface area (Å²) in [7, 11) is 0. The highest BCUT2D eigenvalue weighted by Crippen LogP contribution is 2.18. The zero-order chi connectivity index (χ0) is 16.0. The molecule has 1 aromatic rings. The van der Waals surface area contributed by atoms with Crippen LogP contribution in [0.5, 0.6) is 0 Å². The van der Waals surface area contributed by atoms with Crippen molar-refractivity contribution >= 4 is 5.95 Å². The molecule has 124 valence electrons. The fourth-order valence-corrected chi connectivity index (χ4v) is 2.88. The molecule has 2 heterocycles. The van der Waals surface area contributed by atoms with E-state index in [2.05, 4.69) is 35.1 Å². The van der Waals surface area contributed by atoms with Crippen molar-refractivity contribution in [2.45, 2.75) is 65.0 Å². The molecule has 0 saturated carbocycles. The van der Waals surface area contributed by atoms with Crippen molar-refractivity contribution in [2.24, 2.45) is 0 Å². The molecule has 22 heavy (non-hydrogen) atoms. The highest BCUT2D eigenvalue weighted by Gasteiger charge is 2.21. The molecule has 1 unspecified atom stereocenters. The number of piperidine rings is 1. The van der Waals surface area contributed by atoms with Crippen LogP contribution in [-0.2, 0) is 6.54 Å². The van der Waals surface area contributed by atoms with Crippen LogP contribution < -0.4 is 10.2 Å². The van der Waals surface area contributed by atoms with Gasteiger partial charge in [-0.1, -0.05) is 6.92 Å². The summed E-state index contributed by atoms with van der Waals surface area (Å²) >= 11 is 0. The summed E-state index contributed by atoms with van der Waals surface area (Å²) in [5.74, 6) is 0.872. The van der Waals surface area contributed by atoms with Crippen molar-refractivity contribution in [1.29, 1.82) is 0 Å². The van der Waals surface area contributed by atoms with Crippen LogP contribution in [0.2, 0.25) is 0 Å². The summed E-state index contributed by atoms with van der Waals surface area (Å²) < 4.78 is 0. The zero-order valence-corrected chi connectivity index (χ0v) is 14.2. The smallest absolute Gasteiger partial charge is 0.225 e. The van der Waals surface area contributed by atoms with E-state index in [4.69, 9.17) is 4.98 Å². The van der Waals surface area contributed by atoms with Gasteiger partial charge in [0, 0.05) is 37.5 Å². The van der Waals surface area contributed by atoms with Crippen LogP contribution in [0.25, 0.3) is 0 Å². The van der Waals surface area contributed by atoms with Crippen molar-refractivity contribution < 1.29 is 5.11 Å². The lowest BCUT2D eigenvalue weighted by Gasteiger charge is -2.30. The molecular weight excluding hydrogens is 276 g/mol. The highest BCUT2D eigenvalue weighted by atomic mass is 16.3. The molecule has 5 heteroatoms. The minimum absolute atomic E-state index is 0.0428. The van der Waals surface area contributed by atoms with Crippen molar-refractivity contribution in [3.63, 3.8) is 0 Å². The maximum atomic E-state index is 9.22. The van der Waals surface area contributed by atoms with E-state index >= 15 is 0 Å². The summed E-state index contributed by atoms with van der Waals surface area (Å²) in [5.41, 5.74) is 2.01. The Labute approximate surface area is 134 Å². The Bertz CT molecular complexity index is 474. The molecule has 0 bridgehead atoms. The molecule has 1 aromatic heterocycles. The van der Waals surface area contributed by atoms with Crippen molar-refractivity contribution in [2.75, 3.05) is 24.6 Å². The van der Waals surface area contributed by atoms with Crippen LogP contribution >= 0.6 is 0 Å². The predicted octanol–water partition coefficient (Wildman–Crippen LogP) is 2.42. The Morgan fingerprint density at radius 1 is 1.27 bits per heavy atom. The van der Waals surface area contributed by atoms with E-state index in [1.165, 1.54) is 19.3 Å². The maximum Gasteiger partial charge on any atom is 0.225 e. The minimum atomic E-state index is -0.0428. The number of nitrogens with one attached hydrogen (secondary N) is 1. The molecule has 0 aliphatic carbocycles. The quantitative estimate of drug-likeness (QED) is 0.810. The number of aliphatic hydroxyl groups is 1. The first kappa shape index (κ1) is 17.2. The SMILES string of the molecule is CCC(C)(CCO)NCc1cc(C)nc(N2CCCCC2)n1. The second-order valence-electron chi connectivity index (χ2n) is 6.59. The Hall–Kier alpha value is -1.20. The van der Waals surface area contributed by atoms with E-state index in [1.54, 1.807) is 0 Å². The number of aromatic nitrogens is 2. The number of aliphatic hydroxyl groups excluding tert-OH is 1. The van der Waals surface area contributed by atoms with Crippen LogP contribution in [0.3, 0.4) is 0 Å². The van der Waals surface area contributed by atoms with E-state index in [0.29, 0.717) is 6.54 Å². The molecule has 5 nitrogen and oxygen atoms in total. The Morgan fingerprint density at radius 3 is 2.64 bits per heavy atom. The Kier molecular flexibility index (Phi) is 6.15. The first-order chi connectivity index (χ1) is 10.6. The molecule has 1 aliphatic rings. The molecule has 0 radical (unpaired) electrons. The molecule has 1 atom stereocenters. The van der Waals surface area contributed by atoms with Gasteiger partial charge in [0.1, 0.15) is 0 Å². The molecular formula is C17H30N4O. The van der Waals surface area contributed by atoms with E-state index in [-0.39, 0.29) is 12.1 Å². The normalized spacial score (nSPS) is 18.3. The third kappa shape index (κ3) is 4.65. The lowest BCUT2D eigenvalue weighted by atomic mass is 9.95. The Morgan fingerprint density at radius 2 is 2.00 bits per heavy atom. The first-order valence-electron chi connectivity index (χ1n) is 8.52. The number of aryl methyl sites for hydroxylation is 1. The number of hydrogen-bond acceptors (Lipinski definition) is 5. The average Bonchev–Trinajstić information content (AvgIpc) is 2.54. The van der Waals surface area contributed by atoms with Gasteiger partial charge in [-0.25, -0.2) is 9.97 Å². The summed E-state index contributed by atoms with van der Waals surface area (Å²) in [6.07, 6.45) is 5.51. The monoisotopic (exact) mass is 306 g/mol. The van der Waals surface area contributed by atoms with Gasteiger partial charge in [0.05, 0.1) is 5.69 Å². The van der Waals surface area contributed by atoms with Crippen LogP contribution in [0.4, 0.5) is 5.95 Å². The van der Waals surface area contributed by atoms with Gasteiger partial charge in [0.25, 0.3) is 0 Å². The molecule has 0 spiro atoms. The van der Waals surface area contributed by atoms with Gasteiger partial charge < -0.3 is 15.3 Å².